The molecular formula is C19H16F3N3O4. The summed E-state index contributed by atoms with van der Waals surface area (Å²) < 4.78 is 49.2. The summed E-state index contributed by atoms with van der Waals surface area (Å²) in [5.74, 6) is 0.301. The number of alkyl halides is 3. The third-order valence-electron chi connectivity index (χ3n) is 4.56. The first-order valence-corrected chi connectivity index (χ1v) is 8.78. The maximum absolute atomic E-state index is 12.9. The van der Waals surface area contributed by atoms with E-state index in [9.17, 15) is 22.8 Å². The number of nitrogens with one attached hydrogen (secondary N) is 3. The highest BCUT2D eigenvalue weighted by atomic mass is 19.4. The fraction of sp³-hybridized carbons (Fsp3) is 0.263. The monoisotopic (exact) mass is 407 g/mol. The van der Waals surface area contributed by atoms with Crippen molar-refractivity contribution < 1.29 is 32.2 Å². The molecule has 152 valence electrons. The Bertz CT molecular complexity index is 978. The third-order valence-corrected chi connectivity index (χ3v) is 4.56. The number of anilines is 2. The van der Waals surface area contributed by atoms with Crippen LogP contribution in [0.1, 0.15) is 23.6 Å². The highest BCUT2D eigenvalue weighted by molar-refractivity contribution is 5.97. The first-order valence-electron chi connectivity index (χ1n) is 8.78. The molecule has 0 aliphatic carbocycles. The van der Waals surface area contributed by atoms with Gasteiger partial charge in [-0.1, -0.05) is 6.07 Å². The topological polar surface area (TPSA) is 88.7 Å². The fourth-order valence-corrected chi connectivity index (χ4v) is 3.20. The second-order valence-electron chi connectivity index (χ2n) is 6.59. The number of urea groups is 1. The molecule has 0 bridgehead atoms. The van der Waals surface area contributed by atoms with Crippen molar-refractivity contribution >= 4 is 23.3 Å². The lowest BCUT2D eigenvalue weighted by molar-refractivity contribution is -0.137. The average Bonchev–Trinajstić information content (AvgIpc) is 2.66. The van der Waals surface area contributed by atoms with Gasteiger partial charge in [-0.15, -0.1) is 0 Å². The third kappa shape index (κ3) is 4.05. The highest BCUT2D eigenvalue weighted by Gasteiger charge is 2.33. The molecule has 0 radical (unpaired) electrons. The average molecular weight is 407 g/mol. The summed E-state index contributed by atoms with van der Waals surface area (Å²) in [5.41, 5.74) is 0.534. The van der Waals surface area contributed by atoms with Gasteiger partial charge in [0.1, 0.15) is 11.5 Å². The summed E-state index contributed by atoms with van der Waals surface area (Å²) in [5, 5.41) is 8.02. The van der Waals surface area contributed by atoms with E-state index in [0.29, 0.717) is 29.1 Å². The standard InChI is InChI=1S/C19H16F3N3O4/c20-19(21,22)10-1-3-12-13(5-6-28-16(12)7-10)25-18(27)23-11-2-4-15-14(8-11)24-17(26)9-29-15/h1-4,7-8,13H,5-6,9H2,(H,24,26)(H2,23,25,27)/t13-/m1/s1. The minimum absolute atomic E-state index is 0.0700. The number of ether oxygens (including phenoxy) is 2. The Labute approximate surface area is 163 Å². The predicted octanol–water partition coefficient (Wildman–Crippen LogP) is 3.68. The molecule has 1 atom stereocenters. The Morgan fingerprint density at radius 3 is 2.72 bits per heavy atom. The van der Waals surface area contributed by atoms with E-state index < -0.39 is 23.8 Å². The van der Waals surface area contributed by atoms with Crippen LogP contribution in [-0.2, 0) is 11.0 Å². The number of amides is 3. The van der Waals surface area contributed by atoms with Crippen molar-refractivity contribution in [3.63, 3.8) is 0 Å². The summed E-state index contributed by atoms with van der Waals surface area (Å²) in [6.45, 7) is 0.112. The van der Waals surface area contributed by atoms with E-state index in [2.05, 4.69) is 16.0 Å². The number of hydrogen-bond donors (Lipinski definition) is 3. The number of carbonyl (C=O) groups is 2. The lowest BCUT2D eigenvalue weighted by atomic mass is 9.99. The maximum atomic E-state index is 12.9. The molecule has 2 aliphatic heterocycles. The number of hydrogen-bond acceptors (Lipinski definition) is 4. The number of benzene rings is 2. The zero-order valence-corrected chi connectivity index (χ0v) is 14.9. The Kier molecular flexibility index (Phi) is 4.69. The molecule has 0 saturated heterocycles. The predicted molar refractivity (Wildman–Crippen MR) is 97.0 cm³/mol. The molecule has 10 heteroatoms. The molecule has 2 aromatic rings. The highest BCUT2D eigenvalue weighted by Crippen LogP contribution is 2.38. The van der Waals surface area contributed by atoms with Gasteiger partial charge >= 0.3 is 12.2 Å². The largest absolute Gasteiger partial charge is 0.493 e. The molecule has 2 heterocycles. The second kappa shape index (κ2) is 7.19. The van der Waals surface area contributed by atoms with Gasteiger partial charge in [0.05, 0.1) is 23.9 Å². The van der Waals surface area contributed by atoms with Crippen molar-refractivity contribution in [1.29, 1.82) is 0 Å². The van der Waals surface area contributed by atoms with Crippen LogP contribution in [0.3, 0.4) is 0 Å². The molecular weight excluding hydrogens is 391 g/mol. The van der Waals surface area contributed by atoms with E-state index >= 15 is 0 Å². The van der Waals surface area contributed by atoms with Crippen LogP contribution in [0.25, 0.3) is 0 Å². The Balaban J connectivity index is 1.46. The van der Waals surface area contributed by atoms with E-state index in [1.807, 2.05) is 0 Å². The van der Waals surface area contributed by atoms with Crippen LogP contribution >= 0.6 is 0 Å². The number of halogens is 3. The van der Waals surface area contributed by atoms with Crippen LogP contribution in [0.4, 0.5) is 29.3 Å². The van der Waals surface area contributed by atoms with E-state index in [4.69, 9.17) is 9.47 Å². The van der Waals surface area contributed by atoms with Crippen molar-refractivity contribution in [2.75, 3.05) is 23.8 Å². The zero-order chi connectivity index (χ0) is 20.6. The molecule has 0 fully saturated rings. The maximum Gasteiger partial charge on any atom is 0.416 e. The number of fused-ring (bicyclic) bond motifs is 2. The van der Waals surface area contributed by atoms with Gasteiger partial charge in [-0.25, -0.2) is 4.79 Å². The Morgan fingerprint density at radius 1 is 1.10 bits per heavy atom. The summed E-state index contributed by atoms with van der Waals surface area (Å²) in [7, 11) is 0. The normalized spacial score (nSPS) is 17.8. The minimum atomic E-state index is -4.47. The molecule has 0 aromatic heterocycles. The van der Waals surface area contributed by atoms with Gasteiger partial charge in [0.15, 0.2) is 6.61 Å². The molecule has 0 saturated carbocycles. The Hall–Kier alpha value is -3.43. The molecule has 3 N–H and O–H groups in total. The first kappa shape index (κ1) is 18.9. The van der Waals surface area contributed by atoms with Gasteiger partial charge in [0, 0.05) is 17.7 Å². The van der Waals surface area contributed by atoms with Gasteiger partial charge in [0.2, 0.25) is 0 Å². The van der Waals surface area contributed by atoms with Crippen LogP contribution in [0.5, 0.6) is 11.5 Å². The van der Waals surface area contributed by atoms with Gasteiger partial charge in [-0.2, -0.15) is 13.2 Å². The minimum Gasteiger partial charge on any atom is -0.493 e. The lowest BCUT2D eigenvalue weighted by Crippen LogP contribution is -2.35. The van der Waals surface area contributed by atoms with E-state index in [-0.39, 0.29) is 24.9 Å². The van der Waals surface area contributed by atoms with Crippen molar-refractivity contribution in [3.8, 4) is 11.5 Å². The molecule has 3 amide bonds. The molecule has 7 nitrogen and oxygen atoms in total. The fourth-order valence-electron chi connectivity index (χ4n) is 3.20. The lowest BCUT2D eigenvalue weighted by Gasteiger charge is -2.27. The van der Waals surface area contributed by atoms with E-state index in [0.717, 1.165) is 12.1 Å². The van der Waals surface area contributed by atoms with E-state index in [1.165, 1.54) is 6.07 Å². The summed E-state index contributed by atoms with van der Waals surface area (Å²) in [4.78, 5) is 23.8. The molecule has 0 unspecified atom stereocenters. The van der Waals surface area contributed by atoms with Crippen LogP contribution < -0.4 is 25.4 Å². The van der Waals surface area contributed by atoms with Gasteiger partial charge in [0.25, 0.3) is 5.91 Å². The molecule has 0 spiro atoms. The second-order valence-corrected chi connectivity index (χ2v) is 6.59. The number of carbonyl (C=O) groups excluding carboxylic acids is 2. The van der Waals surface area contributed by atoms with Gasteiger partial charge < -0.3 is 25.4 Å². The Morgan fingerprint density at radius 2 is 1.93 bits per heavy atom. The molecule has 2 aromatic carbocycles. The number of rotatable bonds is 2. The molecule has 2 aliphatic rings. The first-order chi connectivity index (χ1) is 13.8. The summed E-state index contributed by atoms with van der Waals surface area (Å²) in [6, 6.07) is 6.97. The van der Waals surface area contributed by atoms with Crippen molar-refractivity contribution in [3.05, 3.63) is 47.5 Å². The van der Waals surface area contributed by atoms with Crippen molar-refractivity contribution in [2.45, 2.75) is 18.6 Å². The van der Waals surface area contributed by atoms with Gasteiger partial charge in [-0.05, 0) is 30.3 Å². The summed E-state index contributed by atoms with van der Waals surface area (Å²) >= 11 is 0. The van der Waals surface area contributed by atoms with Gasteiger partial charge in [-0.3, -0.25) is 4.79 Å². The molecule has 4 rings (SSSR count). The zero-order valence-electron chi connectivity index (χ0n) is 14.9. The molecule has 29 heavy (non-hydrogen) atoms. The van der Waals surface area contributed by atoms with Crippen LogP contribution in [0, 0.1) is 0 Å². The van der Waals surface area contributed by atoms with Crippen molar-refractivity contribution in [1.82, 2.24) is 5.32 Å². The quantitative estimate of drug-likeness (QED) is 0.709. The SMILES string of the molecule is O=C1COc2ccc(NC(=O)N[C@@H]3CCOc4cc(C(F)(F)F)ccc43)cc2N1. The van der Waals surface area contributed by atoms with E-state index in [1.54, 1.807) is 18.2 Å². The van der Waals surface area contributed by atoms with Crippen LogP contribution in [-0.4, -0.2) is 25.2 Å². The van der Waals surface area contributed by atoms with Crippen LogP contribution in [0.15, 0.2) is 36.4 Å². The summed E-state index contributed by atoms with van der Waals surface area (Å²) in [6.07, 6.45) is -4.05. The smallest absolute Gasteiger partial charge is 0.416 e. The van der Waals surface area contributed by atoms with Crippen LogP contribution in [0.2, 0.25) is 0 Å². The van der Waals surface area contributed by atoms with Crippen molar-refractivity contribution in [2.24, 2.45) is 0 Å².